The molecule has 0 bridgehead atoms. The Morgan fingerprint density at radius 3 is 2.06 bits per heavy atom. The maximum atomic E-state index is 12.2. The van der Waals surface area contributed by atoms with Gasteiger partial charge in [0.2, 0.25) is 10.0 Å². The molecular formula is C23H24N2O5S. The molecule has 0 spiro atoms. The molecule has 31 heavy (non-hydrogen) atoms. The summed E-state index contributed by atoms with van der Waals surface area (Å²) in [7, 11) is -2.28. The van der Waals surface area contributed by atoms with E-state index in [4.69, 9.17) is 9.47 Å². The largest absolute Gasteiger partial charge is 0.484 e. The van der Waals surface area contributed by atoms with Gasteiger partial charge in [-0.2, -0.15) is 0 Å². The summed E-state index contributed by atoms with van der Waals surface area (Å²) in [6.45, 7) is 3.47. The van der Waals surface area contributed by atoms with Crippen LogP contribution in [0.3, 0.4) is 0 Å². The SMILES string of the molecule is CNS(=O)(=O)c1cc(NC(=O)COc2ccc(Oc3ccc(C)cc3)cc2)ccc1C. The number of carbonyl (C=O) groups excluding carboxylic acids is 1. The fourth-order valence-electron chi connectivity index (χ4n) is 2.77. The lowest BCUT2D eigenvalue weighted by molar-refractivity contribution is -0.118. The molecule has 162 valence electrons. The summed E-state index contributed by atoms with van der Waals surface area (Å²) in [6, 6.07) is 19.3. The van der Waals surface area contributed by atoms with Crippen molar-refractivity contribution in [3.63, 3.8) is 0 Å². The van der Waals surface area contributed by atoms with Crippen molar-refractivity contribution >= 4 is 21.6 Å². The molecule has 1 amide bonds. The van der Waals surface area contributed by atoms with Gasteiger partial charge in [0.05, 0.1) is 4.90 Å². The molecule has 8 heteroatoms. The maximum absolute atomic E-state index is 12.2. The highest BCUT2D eigenvalue weighted by Crippen LogP contribution is 2.24. The van der Waals surface area contributed by atoms with E-state index in [1.807, 2.05) is 31.2 Å². The van der Waals surface area contributed by atoms with Crippen LogP contribution in [-0.4, -0.2) is 28.0 Å². The summed E-state index contributed by atoms with van der Waals surface area (Å²) >= 11 is 0. The topological polar surface area (TPSA) is 93.7 Å². The molecule has 0 atom stereocenters. The average molecular weight is 441 g/mol. The minimum atomic E-state index is -3.62. The van der Waals surface area contributed by atoms with Crippen molar-refractivity contribution in [1.82, 2.24) is 4.72 Å². The molecule has 0 unspecified atom stereocenters. The predicted octanol–water partition coefficient (Wildman–Crippen LogP) is 4.02. The highest BCUT2D eigenvalue weighted by molar-refractivity contribution is 7.89. The third kappa shape index (κ3) is 6.07. The van der Waals surface area contributed by atoms with Crippen LogP contribution in [0.25, 0.3) is 0 Å². The number of nitrogens with one attached hydrogen (secondary N) is 2. The number of sulfonamides is 1. The van der Waals surface area contributed by atoms with Crippen molar-refractivity contribution in [2.45, 2.75) is 18.7 Å². The molecule has 0 aliphatic rings. The van der Waals surface area contributed by atoms with Crippen LogP contribution in [0.15, 0.2) is 71.6 Å². The van der Waals surface area contributed by atoms with Gasteiger partial charge in [-0.05, 0) is 75.0 Å². The second-order valence-electron chi connectivity index (χ2n) is 6.91. The van der Waals surface area contributed by atoms with Gasteiger partial charge < -0.3 is 14.8 Å². The average Bonchev–Trinajstić information content (AvgIpc) is 2.76. The Morgan fingerprint density at radius 2 is 1.45 bits per heavy atom. The van der Waals surface area contributed by atoms with Gasteiger partial charge in [-0.25, -0.2) is 13.1 Å². The van der Waals surface area contributed by atoms with Crippen LogP contribution in [0.1, 0.15) is 11.1 Å². The van der Waals surface area contributed by atoms with Crippen LogP contribution in [0.4, 0.5) is 5.69 Å². The molecule has 7 nitrogen and oxygen atoms in total. The first-order valence-electron chi connectivity index (χ1n) is 9.58. The normalized spacial score (nSPS) is 11.1. The number of carbonyl (C=O) groups is 1. The molecule has 3 aromatic carbocycles. The predicted molar refractivity (Wildman–Crippen MR) is 119 cm³/mol. The van der Waals surface area contributed by atoms with Crippen molar-refractivity contribution in [2.24, 2.45) is 0 Å². The Bertz CT molecular complexity index is 1160. The molecule has 0 aliphatic carbocycles. The summed E-state index contributed by atoms with van der Waals surface area (Å²) in [5.74, 6) is 1.49. The lowest BCUT2D eigenvalue weighted by Crippen LogP contribution is -2.22. The molecular weight excluding hydrogens is 416 g/mol. The molecule has 0 aliphatic heterocycles. The maximum Gasteiger partial charge on any atom is 0.262 e. The van der Waals surface area contributed by atoms with Gasteiger partial charge in [0.25, 0.3) is 5.91 Å². The molecule has 0 saturated carbocycles. The quantitative estimate of drug-likeness (QED) is 0.552. The van der Waals surface area contributed by atoms with Crippen molar-refractivity contribution in [2.75, 3.05) is 19.0 Å². The van der Waals surface area contributed by atoms with Crippen LogP contribution < -0.4 is 19.5 Å². The number of amides is 1. The first kappa shape index (κ1) is 22.3. The van der Waals surface area contributed by atoms with Crippen LogP contribution >= 0.6 is 0 Å². The molecule has 0 aromatic heterocycles. The molecule has 2 N–H and O–H groups in total. The Morgan fingerprint density at radius 1 is 0.871 bits per heavy atom. The van der Waals surface area contributed by atoms with Crippen LogP contribution in [0.2, 0.25) is 0 Å². The zero-order valence-electron chi connectivity index (χ0n) is 17.5. The third-order valence-corrected chi connectivity index (χ3v) is 6.04. The van der Waals surface area contributed by atoms with Crippen molar-refractivity contribution in [1.29, 1.82) is 0 Å². The van der Waals surface area contributed by atoms with Gasteiger partial charge in [-0.15, -0.1) is 0 Å². The van der Waals surface area contributed by atoms with Gasteiger partial charge in [-0.3, -0.25) is 4.79 Å². The van der Waals surface area contributed by atoms with E-state index < -0.39 is 15.9 Å². The summed E-state index contributed by atoms with van der Waals surface area (Å²) in [4.78, 5) is 12.3. The molecule has 3 rings (SSSR count). The molecule has 0 heterocycles. The summed E-state index contributed by atoms with van der Waals surface area (Å²) < 4.78 is 37.7. The Hall–Kier alpha value is -3.36. The lowest BCUT2D eigenvalue weighted by atomic mass is 10.2. The fourth-order valence-corrected chi connectivity index (χ4v) is 3.76. The minimum Gasteiger partial charge on any atom is -0.484 e. The van der Waals surface area contributed by atoms with E-state index in [2.05, 4.69) is 10.0 Å². The summed E-state index contributed by atoms with van der Waals surface area (Å²) in [5.41, 5.74) is 2.10. The first-order chi connectivity index (χ1) is 14.8. The van der Waals surface area contributed by atoms with E-state index in [0.717, 1.165) is 11.3 Å². The lowest BCUT2D eigenvalue weighted by Gasteiger charge is -2.11. The van der Waals surface area contributed by atoms with E-state index in [1.54, 1.807) is 43.3 Å². The number of aryl methyl sites for hydroxylation is 2. The standard InChI is InChI=1S/C23H24N2O5S/c1-16-4-8-20(9-5-16)30-21-12-10-19(11-13-21)29-15-23(26)25-18-7-6-17(2)22(14-18)31(27,28)24-3/h4-14,24H,15H2,1-3H3,(H,25,26). The highest BCUT2D eigenvalue weighted by atomic mass is 32.2. The van der Waals surface area contributed by atoms with Gasteiger partial charge in [-0.1, -0.05) is 23.8 Å². The van der Waals surface area contributed by atoms with E-state index in [-0.39, 0.29) is 11.5 Å². The van der Waals surface area contributed by atoms with E-state index in [1.165, 1.54) is 13.1 Å². The molecule has 0 saturated heterocycles. The second kappa shape index (κ2) is 9.63. The number of hydrogen-bond donors (Lipinski definition) is 2. The smallest absolute Gasteiger partial charge is 0.262 e. The molecule has 3 aromatic rings. The monoisotopic (exact) mass is 440 g/mol. The zero-order chi connectivity index (χ0) is 22.4. The number of ether oxygens (including phenoxy) is 2. The minimum absolute atomic E-state index is 0.109. The Balaban J connectivity index is 1.56. The number of rotatable bonds is 8. The van der Waals surface area contributed by atoms with Gasteiger partial charge >= 0.3 is 0 Å². The number of benzene rings is 3. The Labute approximate surface area is 182 Å². The van der Waals surface area contributed by atoms with Gasteiger partial charge in [0.15, 0.2) is 6.61 Å². The first-order valence-corrected chi connectivity index (χ1v) is 11.1. The van der Waals surface area contributed by atoms with Crippen molar-refractivity contribution in [3.8, 4) is 17.2 Å². The number of hydrogen-bond acceptors (Lipinski definition) is 5. The summed E-state index contributed by atoms with van der Waals surface area (Å²) in [5, 5.41) is 2.64. The highest BCUT2D eigenvalue weighted by Gasteiger charge is 2.16. The van der Waals surface area contributed by atoms with E-state index >= 15 is 0 Å². The zero-order valence-corrected chi connectivity index (χ0v) is 18.3. The van der Waals surface area contributed by atoms with Crippen LogP contribution in [0.5, 0.6) is 17.2 Å². The number of anilines is 1. The van der Waals surface area contributed by atoms with Gasteiger partial charge in [0, 0.05) is 5.69 Å². The summed E-state index contributed by atoms with van der Waals surface area (Å²) in [6.07, 6.45) is 0. The van der Waals surface area contributed by atoms with Crippen molar-refractivity contribution < 1.29 is 22.7 Å². The van der Waals surface area contributed by atoms with E-state index in [9.17, 15) is 13.2 Å². The van der Waals surface area contributed by atoms with Crippen LogP contribution in [0, 0.1) is 13.8 Å². The Kier molecular flexibility index (Phi) is 6.94. The van der Waals surface area contributed by atoms with Crippen LogP contribution in [-0.2, 0) is 14.8 Å². The van der Waals surface area contributed by atoms with Crippen molar-refractivity contribution in [3.05, 3.63) is 77.9 Å². The van der Waals surface area contributed by atoms with Gasteiger partial charge in [0.1, 0.15) is 17.2 Å². The van der Waals surface area contributed by atoms with E-state index in [0.29, 0.717) is 22.7 Å². The fraction of sp³-hybridized carbons (Fsp3) is 0.174. The second-order valence-corrected chi connectivity index (χ2v) is 8.77. The third-order valence-electron chi connectivity index (χ3n) is 4.48. The molecule has 0 fully saturated rings. The molecule has 0 radical (unpaired) electrons.